The summed E-state index contributed by atoms with van der Waals surface area (Å²) >= 11 is 0. The van der Waals surface area contributed by atoms with Crippen LogP contribution in [0.3, 0.4) is 0 Å². The van der Waals surface area contributed by atoms with Gasteiger partial charge in [-0.2, -0.15) is 0 Å². The lowest BCUT2D eigenvalue weighted by Crippen LogP contribution is -2.18. The first kappa shape index (κ1) is 15.3. The first-order valence-electron chi connectivity index (χ1n) is 7.50. The number of non-ortho nitro benzene ring substituents is 1. The lowest BCUT2D eigenvalue weighted by atomic mass is 9.91. The van der Waals surface area contributed by atoms with Crippen LogP contribution in [0.1, 0.15) is 17.0 Å². The van der Waals surface area contributed by atoms with Crippen LogP contribution in [0, 0.1) is 10.1 Å². The van der Waals surface area contributed by atoms with Crippen LogP contribution in [0.15, 0.2) is 42.5 Å². The summed E-state index contributed by atoms with van der Waals surface area (Å²) in [6.45, 7) is 1.60. The van der Waals surface area contributed by atoms with E-state index in [0.29, 0.717) is 26.2 Å². The smallest absolute Gasteiger partial charge is 0.269 e. The second-order valence-corrected chi connectivity index (χ2v) is 5.46. The minimum absolute atomic E-state index is 0.0948. The lowest BCUT2D eigenvalue weighted by Gasteiger charge is -2.21. The molecule has 6 nitrogen and oxygen atoms in total. The Balaban J connectivity index is 1.78. The monoisotopic (exact) mass is 314 g/mol. The van der Waals surface area contributed by atoms with Crippen LogP contribution >= 0.6 is 0 Å². The van der Waals surface area contributed by atoms with Gasteiger partial charge in [-0.1, -0.05) is 18.2 Å². The minimum Gasteiger partial charge on any atom is -0.486 e. The van der Waals surface area contributed by atoms with Crippen molar-refractivity contribution in [3.8, 4) is 11.5 Å². The minimum atomic E-state index is -0.398. The summed E-state index contributed by atoms with van der Waals surface area (Å²) in [6, 6.07) is 12.5. The van der Waals surface area contributed by atoms with E-state index in [0.717, 1.165) is 22.6 Å². The van der Waals surface area contributed by atoms with Crippen molar-refractivity contribution >= 4 is 5.69 Å². The van der Waals surface area contributed by atoms with Crippen LogP contribution < -0.4 is 15.2 Å². The van der Waals surface area contributed by atoms with Gasteiger partial charge in [0.2, 0.25) is 0 Å². The second kappa shape index (κ2) is 6.66. The van der Waals surface area contributed by atoms with E-state index in [1.807, 2.05) is 18.2 Å². The molecule has 2 aromatic rings. The third-order valence-electron chi connectivity index (χ3n) is 3.95. The van der Waals surface area contributed by atoms with Gasteiger partial charge >= 0.3 is 0 Å². The number of ether oxygens (including phenoxy) is 2. The van der Waals surface area contributed by atoms with Crippen molar-refractivity contribution in [2.45, 2.75) is 12.3 Å². The van der Waals surface area contributed by atoms with Crippen LogP contribution in [0.25, 0.3) is 0 Å². The highest BCUT2D eigenvalue weighted by molar-refractivity contribution is 5.45. The van der Waals surface area contributed by atoms with Crippen molar-refractivity contribution in [1.29, 1.82) is 0 Å². The summed E-state index contributed by atoms with van der Waals surface area (Å²) in [4.78, 5) is 10.3. The summed E-state index contributed by atoms with van der Waals surface area (Å²) in [5.41, 5.74) is 8.11. The zero-order chi connectivity index (χ0) is 16.2. The van der Waals surface area contributed by atoms with Gasteiger partial charge in [-0.25, -0.2) is 0 Å². The number of rotatable bonds is 5. The number of nitrogens with two attached hydrogens (primary N) is 1. The maximum atomic E-state index is 10.7. The Bertz CT molecular complexity index is 700. The molecule has 0 radical (unpaired) electrons. The van der Waals surface area contributed by atoms with Crippen molar-refractivity contribution in [3.05, 3.63) is 63.7 Å². The molecule has 1 atom stereocenters. The van der Waals surface area contributed by atoms with Gasteiger partial charge in [0.05, 0.1) is 4.92 Å². The summed E-state index contributed by atoms with van der Waals surface area (Å²) in [7, 11) is 0. The predicted molar refractivity (Wildman–Crippen MR) is 86.0 cm³/mol. The van der Waals surface area contributed by atoms with Gasteiger partial charge in [0.15, 0.2) is 11.5 Å². The number of nitro groups is 1. The highest BCUT2D eigenvalue weighted by atomic mass is 16.6. The van der Waals surface area contributed by atoms with Gasteiger partial charge in [-0.15, -0.1) is 0 Å². The predicted octanol–water partition coefficient (Wildman–Crippen LogP) is 2.65. The van der Waals surface area contributed by atoms with E-state index in [1.165, 1.54) is 12.1 Å². The molecule has 1 aliphatic heterocycles. The van der Waals surface area contributed by atoms with Crippen LogP contribution in [0.2, 0.25) is 0 Å². The molecule has 120 valence electrons. The molecular weight excluding hydrogens is 296 g/mol. The van der Waals surface area contributed by atoms with E-state index < -0.39 is 4.92 Å². The number of hydrogen-bond acceptors (Lipinski definition) is 5. The molecule has 23 heavy (non-hydrogen) atoms. The maximum Gasteiger partial charge on any atom is 0.269 e. The fraction of sp³-hybridized carbons (Fsp3) is 0.294. The number of nitrogens with zero attached hydrogens (tertiary/aromatic N) is 1. The maximum absolute atomic E-state index is 10.7. The van der Waals surface area contributed by atoms with Gasteiger partial charge in [0, 0.05) is 18.1 Å². The SMILES string of the molecule is NCC(Cc1ccc([N+](=O)[O-])cc1)c1ccc2c(c1)OCCO2. The molecule has 1 heterocycles. The molecule has 0 saturated heterocycles. The highest BCUT2D eigenvalue weighted by Gasteiger charge is 2.17. The molecular formula is C17H18N2O4. The quantitative estimate of drug-likeness (QED) is 0.677. The van der Waals surface area contributed by atoms with Crippen molar-refractivity contribution in [1.82, 2.24) is 0 Å². The molecule has 0 saturated carbocycles. The summed E-state index contributed by atoms with van der Waals surface area (Å²) in [5.74, 6) is 1.62. The molecule has 0 bridgehead atoms. The van der Waals surface area contributed by atoms with E-state index in [4.69, 9.17) is 15.2 Å². The zero-order valence-electron chi connectivity index (χ0n) is 12.6. The average Bonchev–Trinajstić information content (AvgIpc) is 2.59. The van der Waals surface area contributed by atoms with Gasteiger partial charge in [0.25, 0.3) is 5.69 Å². The molecule has 1 unspecified atom stereocenters. The summed E-state index contributed by atoms with van der Waals surface area (Å²) in [6.07, 6.45) is 0.716. The highest BCUT2D eigenvalue weighted by Crippen LogP contribution is 2.34. The Morgan fingerprint density at radius 1 is 1.09 bits per heavy atom. The van der Waals surface area contributed by atoms with E-state index in [-0.39, 0.29) is 11.6 Å². The second-order valence-electron chi connectivity index (χ2n) is 5.46. The van der Waals surface area contributed by atoms with Crippen molar-refractivity contribution < 1.29 is 14.4 Å². The Kier molecular flexibility index (Phi) is 4.43. The number of hydrogen-bond donors (Lipinski definition) is 1. The van der Waals surface area contributed by atoms with Crippen molar-refractivity contribution in [2.24, 2.45) is 5.73 Å². The van der Waals surface area contributed by atoms with E-state index in [9.17, 15) is 10.1 Å². The Hall–Kier alpha value is -2.60. The fourth-order valence-electron chi connectivity index (χ4n) is 2.69. The van der Waals surface area contributed by atoms with E-state index >= 15 is 0 Å². The molecule has 0 spiro atoms. The largest absolute Gasteiger partial charge is 0.486 e. The van der Waals surface area contributed by atoms with Gasteiger partial charge < -0.3 is 15.2 Å². The fourth-order valence-corrected chi connectivity index (χ4v) is 2.69. The Labute approximate surface area is 134 Å². The number of fused-ring (bicyclic) bond motifs is 1. The number of nitro benzene ring substituents is 1. The molecule has 1 aliphatic rings. The molecule has 2 aromatic carbocycles. The Morgan fingerprint density at radius 3 is 2.43 bits per heavy atom. The molecule has 3 rings (SSSR count). The summed E-state index contributed by atoms with van der Waals surface area (Å²) in [5, 5.41) is 10.7. The van der Waals surface area contributed by atoms with E-state index in [1.54, 1.807) is 12.1 Å². The van der Waals surface area contributed by atoms with E-state index in [2.05, 4.69) is 0 Å². The molecule has 0 aromatic heterocycles. The molecule has 0 aliphatic carbocycles. The third-order valence-corrected chi connectivity index (χ3v) is 3.95. The van der Waals surface area contributed by atoms with Crippen LogP contribution in [0.5, 0.6) is 11.5 Å². The molecule has 0 fully saturated rings. The standard InChI is InChI=1S/C17H18N2O4/c18-11-14(9-12-1-4-15(5-2-12)19(20)21)13-3-6-16-17(10-13)23-8-7-22-16/h1-6,10,14H,7-9,11,18H2. The van der Waals surface area contributed by atoms with Crippen LogP contribution in [-0.2, 0) is 6.42 Å². The van der Waals surface area contributed by atoms with Gasteiger partial charge in [-0.3, -0.25) is 10.1 Å². The third kappa shape index (κ3) is 3.43. The Morgan fingerprint density at radius 2 is 1.78 bits per heavy atom. The summed E-state index contributed by atoms with van der Waals surface area (Å²) < 4.78 is 11.1. The molecule has 2 N–H and O–H groups in total. The van der Waals surface area contributed by atoms with Crippen molar-refractivity contribution in [3.63, 3.8) is 0 Å². The van der Waals surface area contributed by atoms with Crippen LogP contribution in [0.4, 0.5) is 5.69 Å². The average molecular weight is 314 g/mol. The lowest BCUT2D eigenvalue weighted by molar-refractivity contribution is -0.384. The first-order chi connectivity index (χ1) is 11.2. The normalized spacial score (nSPS) is 14.3. The number of benzene rings is 2. The van der Waals surface area contributed by atoms with Crippen LogP contribution in [-0.4, -0.2) is 24.7 Å². The van der Waals surface area contributed by atoms with Gasteiger partial charge in [-0.05, 0) is 36.2 Å². The topological polar surface area (TPSA) is 87.6 Å². The van der Waals surface area contributed by atoms with Gasteiger partial charge in [0.1, 0.15) is 13.2 Å². The molecule has 0 amide bonds. The van der Waals surface area contributed by atoms with Crippen molar-refractivity contribution in [2.75, 3.05) is 19.8 Å². The zero-order valence-corrected chi connectivity index (χ0v) is 12.6. The molecule has 6 heteroatoms. The first-order valence-corrected chi connectivity index (χ1v) is 7.50.